The molecular formula is C58H115NO8. The van der Waals surface area contributed by atoms with Crippen LogP contribution in [0.1, 0.15) is 309 Å². The maximum atomic E-state index is 13.1. The number of amides is 1. The van der Waals surface area contributed by atoms with Crippen LogP contribution >= 0.6 is 0 Å². The lowest BCUT2D eigenvalue weighted by molar-refractivity contribution is -0.302. The maximum Gasteiger partial charge on any atom is 0.220 e. The van der Waals surface area contributed by atoms with E-state index in [9.17, 15) is 30.3 Å². The van der Waals surface area contributed by atoms with E-state index < -0.39 is 49.5 Å². The molecule has 1 rings (SSSR count). The van der Waals surface area contributed by atoms with Crippen LogP contribution in [0.15, 0.2) is 0 Å². The first-order chi connectivity index (χ1) is 32.8. The van der Waals surface area contributed by atoms with Crippen LogP contribution in [0.4, 0.5) is 0 Å². The molecule has 67 heavy (non-hydrogen) atoms. The number of hydrogen-bond acceptors (Lipinski definition) is 8. The summed E-state index contributed by atoms with van der Waals surface area (Å²) in [6.07, 6.45) is 51.4. The molecule has 1 aliphatic rings. The fourth-order valence-electron chi connectivity index (χ4n) is 9.99. The van der Waals surface area contributed by atoms with Crippen molar-refractivity contribution in [3.8, 4) is 0 Å². The van der Waals surface area contributed by atoms with E-state index in [-0.39, 0.29) is 12.5 Å². The zero-order valence-corrected chi connectivity index (χ0v) is 44.4. The summed E-state index contributed by atoms with van der Waals surface area (Å²) in [6, 6.07) is -0.713. The van der Waals surface area contributed by atoms with Crippen molar-refractivity contribution in [3.63, 3.8) is 0 Å². The van der Waals surface area contributed by atoms with Gasteiger partial charge < -0.3 is 40.3 Å². The molecule has 1 aliphatic heterocycles. The maximum absolute atomic E-state index is 13.1. The van der Waals surface area contributed by atoms with Crippen LogP contribution in [0.2, 0.25) is 0 Å². The van der Waals surface area contributed by atoms with Crippen molar-refractivity contribution in [2.24, 2.45) is 0 Å². The lowest BCUT2D eigenvalue weighted by Gasteiger charge is -2.40. The van der Waals surface area contributed by atoms with Gasteiger partial charge in [0.15, 0.2) is 6.29 Å². The molecule has 0 aromatic heterocycles. The highest BCUT2D eigenvalue weighted by Gasteiger charge is 2.44. The predicted octanol–water partition coefficient (Wildman–Crippen LogP) is 14.6. The molecule has 0 aromatic carbocycles. The lowest BCUT2D eigenvalue weighted by Crippen LogP contribution is -2.60. The normalized spacial score (nSPS) is 19.5. The Kier molecular flexibility index (Phi) is 46.8. The zero-order valence-electron chi connectivity index (χ0n) is 44.4. The SMILES string of the molecule is CCCCCCCCCCCCCCCCCCCCCCCCCCCCCCC(O)C(COC1OC(CO)C(O)C(O)C1O)NC(=O)CCCCCCCCCCCCCCCCCC. The standard InChI is InChI=1S/C58H115NO8/c1-3-5-7-9-11-13-15-17-19-21-22-23-24-25-26-27-28-29-30-31-32-33-35-37-39-41-43-45-47-52(61)51(50-66-58-57(65)56(64)55(63)53(49-60)67-58)59-54(62)48-46-44-42-40-38-36-34-20-18-16-14-12-10-8-6-4-2/h51-53,55-58,60-61,63-65H,3-50H2,1-2H3,(H,59,62). The van der Waals surface area contributed by atoms with Crippen molar-refractivity contribution >= 4 is 5.91 Å². The molecule has 400 valence electrons. The minimum atomic E-state index is -1.55. The molecule has 7 unspecified atom stereocenters. The number of unbranched alkanes of at least 4 members (excludes halogenated alkanes) is 42. The Hall–Kier alpha value is -0.810. The van der Waals surface area contributed by atoms with Crippen molar-refractivity contribution in [3.05, 3.63) is 0 Å². The lowest BCUT2D eigenvalue weighted by atomic mass is 9.99. The average Bonchev–Trinajstić information content (AvgIpc) is 3.33. The molecule has 9 nitrogen and oxygen atoms in total. The van der Waals surface area contributed by atoms with Crippen LogP contribution in [0.3, 0.4) is 0 Å². The van der Waals surface area contributed by atoms with Gasteiger partial charge in [-0.15, -0.1) is 0 Å². The van der Waals surface area contributed by atoms with Gasteiger partial charge in [-0.25, -0.2) is 0 Å². The van der Waals surface area contributed by atoms with E-state index in [4.69, 9.17) is 9.47 Å². The van der Waals surface area contributed by atoms with E-state index in [2.05, 4.69) is 19.2 Å². The number of hydrogen-bond donors (Lipinski definition) is 6. The van der Waals surface area contributed by atoms with Crippen LogP contribution in [0, 0.1) is 0 Å². The minimum Gasteiger partial charge on any atom is -0.394 e. The number of aliphatic hydroxyl groups is 5. The Labute approximate surface area is 414 Å². The number of aliphatic hydroxyl groups excluding tert-OH is 5. The molecule has 0 aromatic rings. The van der Waals surface area contributed by atoms with Gasteiger partial charge in [-0.1, -0.05) is 290 Å². The largest absolute Gasteiger partial charge is 0.394 e. The van der Waals surface area contributed by atoms with Gasteiger partial charge in [0.25, 0.3) is 0 Å². The first kappa shape index (κ1) is 64.2. The van der Waals surface area contributed by atoms with Crippen molar-refractivity contribution in [2.45, 2.75) is 352 Å². The highest BCUT2D eigenvalue weighted by molar-refractivity contribution is 5.76. The Morgan fingerprint density at radius 2 is 0.746 bits per heavy atom. The molecule has 0 saturated carbocycles. The van der Waals surface area contributed by atoms with Gasteiger partial charge in [0, 0.05) is 6.42 Å². The van der Waals surface area contributed by atoms with Crippen LogP contribution < -0.4 is 5.32 Å². The smallest absolute Gasteiger partial charge is 0.220 e. The van der Waals surface area contributed by atoms with E-state index in [1.54, 1.807) is 0 Å². The van der Waals surface area contributed by atoms with Gasteiger partial charge in [0.05, 0.1) is 25.4 Å². The summed E-state index contributed by atoms with van der Waals surface area (Å²) in [4.78, 5) is 13.1. The van der Waals surface area contributed by atoms with Crippen LogP contribution in [-0.2, 0) is 14.3 Å². The first-order valence-corrected chi connectivity index (χ1v) is 29.7. The second-order valence-corrected chi connectivity index (χ2v) is 21.2. The molecule has 9 heteroatoms. The zero-order chi connectivity index (χ0) is 48.7. The number of nitrogens with one attached hydrogen (secondary N) is 1. The Bertz CT molecular complexity index is 1020. The monoisotopic (exact) mass is 954 g/mol. The number of carbonyl (C=O) groups is 1. The average molecular weight is 955 g/mol. The van der Waals surface area contributed by atoms with Gasteiger partial charge >= 0.3 is 0 Å². The minimum absolute atomic E-state index is 0.131. The molecular weight excluding hydrogens is 839 g/mol. The quantitative estimate of drug-likeness (QED) is 0.0330. The summed E-state index contributed by atoms with van der Waals surface area (Å²) in [5.41, 5.74) is 0. The van der Waals surface area contributed by atoms with Gasteiger partial charge in [-0.2, -0.15) is 0 Å². The predicted molar refractivity (Wildman–Crippen MR) is 281 cm³/mol. The van der Waals surface area contributed by atoms with Crippen LogP contribution in [0.25, 0.3) is 0 Å². The molecule has 1 amide bonds. The van der Waals surface area contributed by atoms with Crippen LogP contribution in [-0.4, -0.2) is 87.5 Å². The Balaban J connectivity index is 2.14. The van der Waals surface area contributed by atoms with Crippen molar-refractivity contribution in [1.82, 2.24) is 5.32 Å². The van der Waals surface area contributed by atoms with E-state index in [1.165, 1.54) is 244 Å². The van der Waals surface area contributed by atoms with E-state index in [0.29, 0.717) is 12.8 Å². The second kappa shape index (κ2) is 48.8. The van der Waals surface area contributed by atoms with Gasteiger partial charge in [0.1, 0.15) is 24.4 Å². The van der Waals surface area contributed by atoms with Gasteiger partial charge in [-0.05, 0) is 12.8 Å². The molecule has 0 radical (unpaired) electrons. The Morgan fingerprint density at radius 1 is 0.448 bits per heavy atom. The van der Waals surface area contributed by atoms with Gasteiger partial charge in [0.2, 0.25) is 5.91 Å². The van der Waals surface area contributed by atoms with E-state index in [1.807, 2.05) is 0 Å². The third-order valence-electron chi connectivity index (χ3n) is 14.7. The van der Waals surface area contributed by atoms with Crippen molar-refractivity contribution < 1.29 is 39.8 Å². The second-order valence-electron chi connectivity index (χ2n) is 21.2. The van der Waals surface area contributed by atoms with Crippen molar-refractivity contribution in [2.75, 3.05) is 13.2 Å². The molecule has 1 fully saturated rings. The molecule has 0 aliphatic carbocycles. The third kappa shape index (κ3) is 38.5. The number of carbonyl (C=O) groups excluding carboxylic acids is 1. The molecule has 1 saturated heterocycles. The summed E-state index contributed by atoms with van der Waals surface area (Å²) in [6.45, 7) is 3.88. The van der Waals surface area contributed by atoms with Crippen LogP contribution in [0.5, 0.6) is 0 Å². The van der Waals surface area contributed by atoms with Crippen molar-refractivity contribution in [1.29, 1.82) is 0 Å². The summed E-state index contributed by atoms with van der Waals surface area (Å²) in [5, 5.41) is 54.7. The fourth-order valence-corrected chi connectivity index (χ4v) is 9.99. The molecule has 1 heterocycles. The third-order valence-corrected chi connectivity index (χ3v) is 14.7. The van der Waals surface area contributed by atoms with E-state index >= 15 is 0 Å². The summed E-state index contributed by atoms with van der Waals surface area (Å²) in [7, 11) is 0. The molecule has 7 atom stereocenters. The highest BCUT2D eigenvalue weighted by atomic mass is 16.7. The summed E-state index contributed by atoms with van der Waals surface area (Å²) in [5.74, 6) is -0.137. The molecule has 0 spiro atoms. The number of ether oxygens (including phenoxy) is 2. The summed E-state index contributed by atoms with van der Waals surface area (Å²) < 4.78 is 11.3. The molecule has 6 N–H and O–H groups in total. The highest BCUT2D eigenvalue weighted by Crippen LogP contribution is 2.23. The first-order valence-electron chi connectivity index (χ1n) is 29.7. The Morgan fingerprint density at radius 3 is 1.06 bits per heavy atom. The van der Waals surface area contributed by atoms with Gasteiger partial charge in [-0.3, -0.25) is 4.79 Å². The van der Waals surface area contributed by atoms with E-state index in [0.717, 1.165) is 38.5 Å². The fraction of sp³-hybridized carbons (Fsp3) is 0.983. The topological polar surface area (TPSA) is 149 Å². The molecule has 0 bridgehead atoms. The summed E-state index contributed by atoms with van der Waals surface area (Å²) >= 11 is 0. The number of rotatable bonds is 52.